The standard InChI is InChI=1S/C17H22N6O/c1-13-11-16(23-9-7-22(8-10-23)14(2)24)21-17(20-13)19-12-15-5-3-4-6-18-15/h3-6,11H,7-10,12H2,1-2H3,(H,19,20,21). The lowest BCUT2D eigenvalue weighted by molar-refractivity contribution is -0.129. The Morgan fingerprint density at radius 3 is 2.67 bits per heavy atom. The van der Waals surface area contributed by atoms with Crippen LogP contribution >= 0.6 is 0 Å². The van der Waals surface area contributed by atoms with Gasteiger partial charge in [0.1, 0.15) is 5.82 Å². The van der Waals surface area contributed by atoms with Crippen LogP contribution in [0.4, 0.5) is 11.8 Å². The molecular weight excluding hydrogens is 304 g/mol. The van der Waals surface area contributed by atoms with Gasteiger partial charge in [0.25, 0.3) is 0 Å². The van der Waals surface area contributed by atoms with Crippen LogP contribution in [0.3, 0.4) is 0 Å². The van der Waals surface area contributed by atoms with E-state index in [1.165, 1.54) is 0 Å². The summed E-state index contributed by atoms with van der Waals surface area (Å²) in [5.41, 5.74) is 1.86. The van der Waals surface area contributed by atoms with Crippen molar-refractivity contribution in [3.8, 4) is 0 Å². The SMILES string of the molecule is CC(=O)N1CCN(c2cc(C)nc(NCc3ccccn3)n2)CC1. The lowest BCUT2D eigenvalue weighted by atomic mass is 10.3. The van der Waals surface area contributed by atoms with Gasteiger partial charge in [0.05, 0.1) is 12.2 Å². The van der Waals surface area contributed by atoms with Crippen molar-refractivity contribution >= 4 is 17.7 Å². The number of carbonyl (C=O) groups is 1. The molecule has 3 heterocycles. The smallest absolute Gasteiger partial charge is 0.225 e. The topological polar surface area (TPSA) is 74.2 Å². The zero-order valence-corrected chi connectivity index (χ0v) is 14.1. The van der Waals surface area contributed by atoms with Crippen LogP contribution in [-0.2, 0) is 11.3 Å². The predicted octanol–water partition coefficient (Wildman–Crippen LogP) is 1.46. The Morgan fingerprint density at radius 1 is 1.21 bits per heavy atom. The number of anilines is 2. The fraction of sp³-hybridized carbons (Fsp3) is 0.412. The number of hydrogen-bond donors (Lipinski definition) is 1. The Balaban J connectivity index is 1.67. The highest BCUT2D eigenvalue weighted by Crippen LogP contribution is 2.17. The van der Waals surface area contributed by atoms with Gasteiger partial charge in [0, 0.05) is 51.1 Å². The first-order valence-corrected chi connectivity index (χ1v) is 8.12. The van der Waals surface area contributed by atoms with E-state index in [1.54, 1.807) is 13.1 Å². The van der Waals surface area contributed by atoms with Gasteiger partial charge >= 0.3 is 0 Å². The molecule has 7 nitrogen and oxygen atoms in total. The van der Waals surface area contributed by atoms with Crippen molar-refractivity contribution in [2.75, 3.05) is 36.4 Å². The summed E-state index contributed by atoms with van der Waals surface area (Å²) in [6, 6.07) is 7.80. The molecule has 1 fully saturated rings. The third-order valence-electron chi connectivity index (χ3n) is 4.04. The number of amides is 1. The van der Waals surface area contributed by atoms with Gasteiger partial charge in [-0.1, -0.05) is 6.07 Å². The van der Waals surface area contributed by atoms with Crippen LogP contribution in [0.2, 0.25) is 0 Å². The van der Waals surface area contributed by atoms with E-state index < -0.39 is 0 Å². The van der Waals surface area contributed by atoms with Crippen LogP contribution in [0.1, 0.15) is 18.3 Å². The van der Waals surface area contributed by atoms with Crippen LogP contribution in [-0.4, -0.2) is 51.9 Å². The highest BCUT2D eigenvalue weighted by Gasteiger charge is 2.20. The highest BCUT2D eigenvalue weighted by atomic mass is 16.2. The van der Waals surface area contributed by atoms with Crippen molar-refractivity contribution in [2.45, 2.75) is 20.4 Å². The molecule has 0 radical (unpaired) electrons. The maximum absolute atomic E-state index is 11.4. The molecule has 0 aromatic carbocycles. The molecule has 0 spiro atoms. The number of pyridine rings is 1. The van der Waals surface area contributed by atoms with E-state index in [2.05, 4.69) is 25.2 Å². The third kappa shape index (κ3) is 3.98. The quantitative estimate of drug-likeness (QED) is 0.917. The van der Waals surface area contributed by atoms with E-state index in [1.807, 2.05) is 36.1 Å². The summed E-state index contributed by atoms with van der Waals surface area (Å²) in [7, 11) is 0. The van der Waals surface area contributed by atoms with Gasteiger partial charge < -0.3 is 15.1 Å². The average Bonchev–Trinajstić information content (AvgIpc) is 2.60. The molecular formula is C17H22N6O. The van der Waals surface area contributed by atoms with Crippen LogP contribution in [0, 0.1) is 6.92 Å². The number of nitrogens with one attached hydrogen (secondary N) is 1. The summed E-state index contributed by atoms with van der Waals surface area (Å²) in [6.45, 7) is 7.20. The largest absolute Gasteiger partial charge is 0.353 e. The van der Waals surface area contributed by atoms with Crippen molar-refractivity contribution in [3.63, 3.8) is 0 Å². The Morgan fingerprint density at radius 2 is 2.00 bits per heavy atom. The zero-order chi connectivity index (χ0) is 16.9. The maximum atomic E-state index is 11.4. The minimum absolute atomic E-state index is 0.131. The van der Waals surface area contributed by atoms with E-state index in [0.29, 0.717) is 12.5 Å². The predicted molar refractivity (Wildman–Crippen MR) is 92.8 cm³/mol. The third-order valence-corrected chi connectivity index (χ3v) is 4.04. The molecule has 0 bridgehead atoms. The normalized spacial score (nSPS) is 14.6. The first kappa shape index (κ1) is 16.2. The van der Waals surface area contributed by atoms with Crippen LogP contribution in [0.25, 0.3) is 0 Å². The first-order chi connectivity index (χ1) is 11.6. The van der Waals surface area contributed by atoms with E-state index in [-0.39, 0.29) is 5.91 Å². The minimum Gasteiger partial charge on any atom is -0.353 e. The monoisotopic (exact) mass is 326 g/mol. The van der Waals surface area contributed by atoms with Gasteiger partial charge in [-0.15, -0.1) is 0 Å². The number of carbonyl (C=O) groups excluding carboxylic acids is 1. The van der Waals surface area contributed by atoms with Crippen LogP contribution < -0.4 is 10.2 Å². The molecule has 1 aliphatic rings. The second-order valence-electron chi connectivity index (χ2n) is 5.86. The van der Waals surface area contributed by atoms with Gasteiger partial charge in [-0.05, 0) is 19.1 Å². The summed E-state index contributed by atoms with van der Waals surface area (Å²) in [5.74, 6) is 1.63. The van der Waals surface area contributed by atoms with Crippen LogP contribution in [0.5, 0.6) is 0 Å². The molecule has 0 atom stereocenters. The van der Waals surface area contributed by atoms with Gasteiger partial charge in [-0.25, -0.2) is 4.98 Å². The second-order valence-corrected chi connectivity index (χ2v) is 5.86. The van der Waals surface area contributed by atoms with Crippen molar-refractivity contribution in [1.29, 1.82) is 0 Å². The number of aromatic nitrogens is 3. The number of piperazine rings is 1. The van der Waals surface area contributed by atoms with E-state index in [9.17, 15) is 4.79 Å². The summed E-state index contributed by atoms with van der Waals surface area (Å²) in [6.07, 6.45) is 1.77. The Labute approximate surface area is 141 Å². The molecule has 0 unspecified atom stereocenters. The molecule has 1 N–H and O–H groups in total. The molecule has 2 aromatic heterocycles. The lowest BCUT2D eigenvalue weighted by Gasteiger charge is -2.35. The molecule has 0 saturated carbocycles. The number of aryl methyl sites for hydroxylation is 1. The molecule has 0 aliphatic carbocycles. The molecule has 1 amide bonds. The molecule has 126 valence electrons. The van der Waals surface area contributed by atoms with E-state index in [4.69, 9.17) is 0 Å². The fourth-order valence-corrected chi connectivity index (χ4v) is 2.72. The summed E-state index contributed by atoms with van der Waals surface area (Å²) < 4.78 is 0. The summed E-state index contributed by atoms with van der Waals surface area (Å²) >= 11 is 0. The molecule has 1 aliphatic heterocycles. The number of nitrogens with zero attached hydrogens (tertiary/aromatic N) is 5. The van der Waals surface area contributed by atoms with Gasteiger partial charge in [0.15, 0.2) is 0 Å². The molecule has 1 saturated heterocycles. The maximum Gasteiger partial charge on any atom is 0.225 e. The molecule has 24 heavy (non-hydrogen) atoms. The van der Waals surface area contributed by atoms with E-state index in [0.717, 1.165) is 43.4 Å². The highest BCUT2D eigenvalue weighted by molar-refractivity contribution is 5.73. The summed E-state index contributed by atoms with van der Waals surface area (Å²) in [5, 5.41) is 3.23. The summed E-state index contributed by atoms with van der Waals surface area (Å²) in [4.78, 5) is 28.8. The number of rotatable bonds is 4. The molecule has 2 aromatic rings. The second kappa shape index (κ2) is 7.25. The van der Waals surface area contributed by atoms with E-state index >= 15 is 0 Å². The van der Waals surface area contributed by atoms with Crippen molar-refractivity contribution in [3.05, 3.63) is 41.9 Å². The first-order valence-electron chi connectivity index (χ1n) is 8.12. The lowest BCUT2D eigenvalue weighted by Crippen LogP contribution is -2.48. The average molecular weight is 326 g/mol. The molecule has 7 heteroatoms. The number of hydrogen-bond acceptors (Lipinski definition) is 6. The molecule has 3 rings (SSSR count). The Hall–Kier alpha value is -2.70. The van der Waals surface area contributed by atoms with Gasteiger partial charge in [0.2, 0.25) is 11.9 Å². The van der Waals surface area contributed by atoms with Crippen molar-refractivity contribution in [1.82, 2.24) is 19.9 Å². The Bertz CT molecular complexity index is 697. The zero-order valence-electron chi connectivity index (χ0n) is 14.1. The van der Waals surface area contributed by atoms with Crippen molar-refractivity contribution < 1.29 is 4.79 Å². The van der Waals surface area contributed by atoms with Gasteiger partial charge in [-0.3, -0.25) is 9.78 Å². The minimum atomic E-state index is 0.131. The van der Waals surface area contributed by atoms with Crippen LogP contribution in [0.15, 0.2) is 30.5 Å². The fourth-order valence-electron chi connectivity index (χ4n) is 2.72. The van der Waals surface area contributed by atoms with Crippen molar-refractivity contribution in [2.24, 2.45) is 0 Å². The van der Waals surface area contributed by atoms with Gasteiger partial charge in [-0.2, -0.15) is 4.98 Å². The Kier molecular flexibility index (Phi) is 4.88.